The van der Waals surface area contributed by atoms with Crippen molar-refractivity contribution in [2.45, 2.75) is 32.2 Å². The van der Waals surface area contributed by atoms with Gasteiger partial charge in [0.2, 0.25) is 5.01 Å². The Kier molecular flexibility index (Phi) is 6.94. The Balaban J connectivity index is 1.36. The lowest BCUT2D eigenvalue weighted by molar-refractivity contribution is 0.0601. The van der Waals surface area contributed by atoms with Gasteiger partial charge >= 0.3 is 12.0 Å². The van der Waals surface area contributed by atoms with E-state index in [1.807, 2.05) is 0 Å². The molecule has 3 N–H and O–H groups in total. The fourth-order valence-electron chi connectivity index (χ4n) is 3.41. The quantitative estimate of drug-likeness (QED) is 0.450. The summed E-state index contributed by atoms with van der Waals surface area (Å²) in [5.41, 5.74) is 1.80. The van der Waals surface area contributed by atoms with Crippen LogP contribution in [0.25, 0.3) is 0 Å². The largest absolute Gasteiger partial charge is 0.465 e. The molecule has 3 aromatic rings. The van der Waals surface area contributed by atoms with E-state index < -0.39 is 23.7 Å². The van der Waals surface area contributed by atoms with Gasteiger partial charge < -0.3 is 15.4 Å². The number of anilines is 2. The Bertz CT molecular complexity index is 1190. The second kappa shape index (κ2) is 10.0. The topological polar surface area (TPSA) is 122 Å². The molecule has 0 aliphatic heterocycles. The Morgan fingerprint density at radius 2 is 1.82 bits per heavy atom. The highest BCUT2D eigenvalue weighted by atomic mass is 32.1. The zero-order valence-corrected chi connectivity index (χ0v) is 19.2. The van der Waals surface area contributed by atoms with Gasteiger partial charge in [-0.25, -0.2) is 14.0 Å². The maximum atomic E-state index is 13.0. The van der Waals surface area contributed by atoms with Crippen molar-refractivity contribution in [3.63, 3.8) is 0 Å². The molecule has 9 nitrogen and oxygen atoms in total. The predicted molar refractivity (Wildman–Crippen MR) is 122 cm³/mol. The highest BCUT2D eigenvalue weighted by Crippen LogP contribution is 2.38. The highest BCUT2D eigenvalue weighted by molar-refractivity contribution is 7.17. The van der Waals surface area contributed by atoms with E-state index in [0.29, 0.717) is 21.3 Å². The molecule has 0 fully saturated rings. The van der Waals surface area contributed by atoms with Crippen molar-refractivity contribution in [3.05, 3.63) is 56.1 Å². The average Bonchev–Trinajstić information content (AvgIpc) is 3.43. The summed E-state index contributed by atoms with van der Waals surface area (Å²) in [4.78, 5) is 38.1. The molecule has 0 radical (unpaired) electrons. The molecule has 0 saturated heterocycles. The number of carbonyl (C=O) groups excluding carboxylic acids is 3. The van der Waals surface area contributed by atoms with Crippen molar-refractivity contribution in [3.8, 4) is 0 Å². The number of hydrogen-bond donors (Lipinski definition) is 3. The first-order valence-electron chi connectivity index (χ1n) is 10.1. The van der Waals surface area contributed by atoms with E-state index >= 15 is 0 Å². The lowest BCUT2D eigenvalue weighted by Gasteiger charge is -2.11. The van der Waals surface area contributed by atoms with Crippen LogP contribution in [0.2, 0.25) is 0 Å². The molecule has 1 aromatic carbocycles. The number of thiophene rings is 1. The van der Waals surface area contributed by atoms with Crippen molar-refractivity contribution >= 4 is 51.3 Å². The minimum atomic E-state index is -0.508. The number of hydrogen-bond acceptors (Lipinski definition) is 8. The number of benzene rings is 1. The van der Waals surface area contributed by atoms with Crippen molar-refractivity contribution in [2.24, 2.45) is 0 Å². The molecule has 0 atom stereocenters. The summed E-state index contributed by atoms with van der Waals surface area (Å²) < 4.78 is 17.9. The molecule has 33 heavy (non-hydrogen) atoms. The van der Waals surface area contributed by atoms with Crippen LogP contribution in [0.5, 0.6) is 0 Å². The van der Waals surface area contributed by atoms with Gasteiger partial charge in [-0.05, 0) is 55.5 Å². The number of nitrogens with one attached hydrogen (secondary N) is 3. The summed E-state index contributed by atoms with van der Waals surface area (Å²) in [6.07, 6.45) is 3.70. The standard InChI is InChI=1S/C21H20FN5O4S2/c1-31-20(29)16-13-4-2-3-5-14(13)32-18(16)25-21(30)23-10-15-26-27-19(33-15)17(28)24-12-8-6-11(22)7-9-12/h6-9H,2-5,10H2,1H3,(H,24,28)(H2,23,25,30). The molecule has 1 aliphatic rings. The van der Waals surface area contributed by atoms with Gasteiger partial charge in [0.05, 0.1) is 19.2 Å². The zero-order valence-electron chi connectivity index (χ0n) is 17.6. The minimum Gasteiger partial charge on any atom is -0.465 e. The molecular weight excluding hydrogens is 469 g/mol. The van der Waals surface area contributed by atoms with E-state index in [4.69, 9.17) is 4.74 Å². The Morgan fingerprint density at radius 1 is 1.06 bits per heavy atom. The summed E-state index contributed by atoms with van der Waals surface area (Å²) >= 11 is 2.41. The smallest absolute Gasteiger partial charge is 0.341 e. The number of aromatic nitrogens is 2. The summed E-state index contributed by atoms with van der Waals surface area (Å²) in [7, 11) is 1.32. The number of nitrogens with zero attached hydrogens (tertiary/aromatic N) is 2. The van der Waals surface area contributed by atoms with Gasteiger partial charge in [0.25, 0.3) is 5.91 Å². The van der Waals surface area contributed by atoms with E-state index in [2.05, 4.69) is 26.1 Å². The second-order valence-electron chi connectivity index (χ2n) is 7.18. The van der Waals surface area contributed by atoms with Crippen LogP contribution in [-0.4, -0.2) is 35.2 Å². The van der Waals surface area contributed by atoms with E-state index in [0.717, 1.165) is 47.5 Å². The first-order chi connectivity index (χ1) is 15.9. The molecule has 0 saturated carbocycles. The lowest BCUT2D eigenvalue weighted by Crippen LogP contribution is -2.28. The number of urea groups is 1. The molecule has 0 unspecified atom stereocenters. The number of esters is 1. The fourth-order valence-corrected chi connectivity index (χ4v) is 5.36. The molecule has 172 valence electrons. The van der Waals surface area contributed by atoms with E-state index in [1.54, 1.807) is 0 Å². The molecule has 3 amide bonds. The van der Waals surface area contributed by atoms with Crippen LogP contribution in [0.15, 0.2) is 24.3 Å². The molecule has 4 rings (SSSR count). The second-order valence-corrected chi connectivity index (χ2v) is 9.34. The number of ether oxygens (including phenoxy) is 1. The molecular formula is C21H20FN5O4S2. The van der Waals surface area contributed by atoms with Crippen molar-refractivity contribution in [2.75, 3.05) is 17.7 Å². The number of halogens is 1. The van der Waals surface area contributed by atoms with Crippen LogP contribution in [0.4, 0.5) is 19.9 Å². The fraction of sp³-hybridized carbons (Fsp3) is 0.286. The van der Waals surface area contributed by atoms with Gasteiger partial charge in [0.1, 0.15) is 15.8 Å². The Morgan fingerprint density at radius 3 is 2.58 bits per heavy atom. The van der Waals surface area contributed by atoms with Crippen molar-refractivity contribution in [1.29, 1.82) is 0 Å². The van der Waals surface area contributed by atoms with Crippen LogP contribution in [0.3, 0.4) is 0 Å². The predicted octanol–water partition coefficient (Wildman–Crippen LogP) is 3.98. The maximum Gasteiger partial charge on any atom is 0.341 e. The third-order valence-corrected chi connectivity index (χ3v) is 7.08. The summed E-state index contributed by atoms with van der Waals surface area (Å²) in [5.74, 6) is -1.36. The van der Waals surface area contributed by atoms with Crippen molar-refractivity contribution in [1.82, 2.24) is 15.5 Å². The van der Waals surface area contributed by atoms with E-state index in [1.165, 1.54) is 42.7 Å². The highest BCUT2D eigenvalue weighted by Gasteiger charge is 2.27. The first-order valence-corrected chi connectivity index (χ1v) is 11.7. The number of aryl methyl sites for hydroxylation is 1. The molecule has 2 aromatic heterocycles. The molecule has 12 heteroatoms. The van der Waals surface area contributed by atoms with Gasteiger partial charge in [-0.15, -0.1) is 21.5 Å². The van der Waals surface area contributed by atoms with Gasteiger partial charge in [-0.2, -0.15) is 0 Å². The molecule has 2 heterocycles. The zero-order chi connectivity index (χ0) is 23.4. The monoisotopic (exact) mass is 489 g/mol. The van der Waals surface area contributed by atoms with Crippen LogP contribution in [0, 0.1) is 5.82 Å². The first kappa shape index (κ1) is 22.8. The minimum absolute atomic E-state index is 0.0476. The Labute approximate surface area is 196 Å². The average molecular weight is 490 g/mol. The van der Waals surface area contributed by atoms with Crippen LogP contribution >= 0.6 is 22.7 Å². The van der Waals surface area contributed by atoms with Gasteiger partial charge in [0.15, 0.2) is 0 Å². The maximum absolute atomic E-state index is 13.0. The number of fused-ring (bicyclic) bond motifs is 1. The number of amides is 3. The van der Waals surface area contributed by atoms with Crippen LogP contribution in [0.1, 0.15) is 48.5 Å². The SMILES string of the molecule is COC(=O)c1c(NC(=O)NCc2nnc(C(=O)Nc3ccc(F)cc3)s2)sc2c1CCCC2. The summed E-state index contributed by atoms with van der Waals surface area (Å²) in [5, 5.41) is 16.7. The van der Waals surface area contributed by atoms with E-state index in [9.17, 15) is 18.8 Å². The van der Waals surface area contributed by atoms with Crippen molar-refractivity contribution < 1.29 is 23.5 Å². The number of carbonyl (C=O) groups is 3. The normalized spacial score (nSPS) is 12.5. The Hall–Kier alpha value is -3.38. The molecule has 1 aliphatic carbocycles. The van der Waals surface area contributed by atoms with E-state index in [-0.39, 0.29) is 11.6 Å². The lowest BCUT2D eigenvalue weighted by atomic mass is 9.95. The summed E-state index contributed by atoms with van der Waals surface area (Å²) in [6, 6.07) is 4.84. The van der Waals surface area contributed by atoms with Gasteiger partial charge in [-0.3, -0.25) is 10.1 Å². The van der Waals surface area contributed by atoms with Crippen LogP contribution in [-0.2, 0) is 24.1 Å². The van der Waals surface area contributed by atoms with Gasteiger partial charge in [-0.1, -0.05) is 11.3 Å². The third-order valence-electron chi connectivity index (χ3n) is 4.95. The van der Waals surface area contributed by atoms with Crippen LogP contribution < -0.4 is 16.0 Å². The van der Waals surface area contributed by atoms with Gasteiger partial charge in [0, 0.05) is 10.6 Å². The number of methoxy groups -OCH3 is 1. The molecule has 0 spiro atoms. The molecule has 0 bridgehead atoms. The number of rotatable bonds is 6. The third kappa shape index (κ3) is 5.34. The summed E-state index contributed by atoms with van der Waals surface area (Å²) in [6.45, 7) is 0.0476.